The average molecular weight is 321 g/mol. The number of rotatable bonds is 6. The van der Waals surface area contributed by atoms with Crippen LogP contribution in [0.3, 0.4) is 0 Å². The Bertz CT molecular complexity index is 766. The Hall–Kier alpha value is -2.45. The highest BCUT2D eigenvalue weighted by atomic mass is 32.2. The summed E-state index contributed by atoms with van der Waals surface area (Å²) >= 11 is 0. The van der Waals surface area contributed by atoms with Crippen LogP contribution in [0.25, 0.3) is 0 Å². The lowest BCUT2D eigenvalue weighted by molar-refractivity contribution is -0.119. The highest BCUT2D eigenvalue weighted by molar-refractivity contribution is 7.89. The molecule has 1 heterocycles. The lowest BCUT2D eigenvalue weighted by Crippen LogP contribution is -2.34. The fourth-order valence-electron chi connectivity index (χ4n) is 1.57. The molecule has 0 saturated carbocycles. The number of nitrogens with zero attached hydrogens (tertiary/aromatic N) is 1. The largest absolute Gasteiger partial charge is 0.460 e. The minimum Gasteiger partial charge on any atom is -0.460 e. The van der Waals surface area contributed by atoms with Crippen molar-refractivity contribution in [2.45, 2.75) is 11.8 Å². The van der Waals surface area contributed by atoms with Gasteiger partial charge in [0.05, 0.1) is 17.7 Å². The molecule has 2 N–H and O–H groups in total. The van der Waals surface area contributed by atoms with Crippen LogP contribution >= 0.6 is 0 Å². The van der Waals surface area contributed by atoms with E-state index < -0.39 is 22.5 Å². The maximum absolute atomic E-state index is 11.9. The zero-order valence-corrected chi connectivity index (χ0v) is 12.6. The van der Waals surface area contributed by atoms with E-state index >= 15 is 0 Å². The third-order valence-electron chi connectivity index (χ3n) is 2.62. The normalized spacial score (nSPS) is 11.7. The summed E-state index contributed by atoms with van der Waals surface area (Å²) in [5.74, 6) is 0.630. The Morgan fingerprint density at radius 2 is 1.95 bits per heavy atom. The van der Waals surface area contributed by atoms with Crippen LogP contribution < -0.4 is 10.1 Å². The second-order valence-electron chi connectivity index (χ2n) is 4.38. The van der Waals surface area contributed by atoms with Crippen LogP contribution in [0.1, 0.15) is 11.5 Å². The van der Waals surface area contributed by atoms with Crippen LogP contribution in [0.15, 0.2) is 56.9 Å². The number of furan rings is 1. The van der Waals surface area contributed by atoms with Gasteiger partial charge in [-0.1, -0.05) is 18.2 Å². The van der Waals surface area contributed by atoms with Gasteiger partial charge in [0.2, 0.25) is 10.0 Å². The summed E-state index contributed by atoms with van der Waals surface area (Å²) in [6.07, 6.45) is 1.33. The van der Waals surface area contributed by atoms with Gasteiger partial charge in [-0.05, 0) is 31.2 Å². The summed E-state index contributed by atoms with van der Waals surface area (Å²) in [6.45, 7) is 1.38. The van der Waals surface area contributed by atoms with Crippen LogP contribution in [0.5, 0.6) is 0 Å². The Kier molecular flexibility index (Phi) is 5.08. The van der Waals surface area contributed by atoms with E-state index in [4.69, 9.17) is 4.42 Å². The van der Waals surface area contributed by atoms with Gasteiger partial charge < -0.3 is 4.42 Å². The van der Waals surface area contributed by atoms with E-state index in [2.05, 4.69) is 15.2 Å². The van der Waals surface area contributed by atoms with Gasteiger partial charge in [0, 0.05) is 0 Å². The summed E-state index contributed by atoms with van der Waals surface area (Å²) < 4.78 is 31.2. The van der Waals surface area contributed by atoms with E-state index in [0.29, 0.717) is 5.76 Å². The average Bonchev–Trinajstić information content (AvgIpc) is 2.92. The van der Waals surface area contributed by atoms with E-state index in [9.17, 15) is 13.2 Å². The predicted octanol–water partition coefficient (Wildman–Crippen LogP) is 1.02. The minimum absolute atomic E-state index is 0.0948. The molecule has 0 atom stereocenters. The molecule has 0 aliphatic heterocycles. The lowest BCUT2D eigenvalue weighted by Gasteiger charge is -2.05. The van der Waals surface area contributed by atoms with Crippen molar-refractivity contribution in [3.8, 4) is 0 Å². The molecule has 7 nitrogen and oxygen atoms in total. The first-order valence-corrected chi connectivity index (χ1v) is 7.89. The second-order valence-corrected chi connectivity index (χ2v) is 6.15. The van der Waals surface area contributed by atoms with Crippen molar-refractivity contribution < 1.29 is 17.6 Å². The van der Waals surface area contributed by atoms with Gasteiger partial charge in [0.15, 0.2) is 0 Å². The van der Waals surface area contributed by atoms with Crippen molar-refractivity contribution >= 4 is 22.1 Å². The first-order chi connectivity index (χ1) is 10.5. The van der Waals surface area contributed by atoms with Gasteiger partial charge in [0.1, 0.15) is 11.5 Å². The molecule has 116 valence electrons. The quantitative estimate of drug-likeness (QED) is 0.612. The number of carbonyl (C=O) groups excluding carboxylic acids is 1. The number of carbonyl (C=O) groups is 1. The van der Waals surface area contributed by atoms with Crippen molar-refractivity contribution in [3.05, 3.63) is 54.0 Å². The molecule has 1 aromatic carbocycles. The lowest BCUT2D eigenvalue weighted by atomic mass is 10.4. The summed E-state index contributed by atoms with van der Waals surface area (Å²) in [5.41, 5.74) is 2.21. The van der Waals surface area contributed by atoms with Crippen molar-refractivity contribution in [2.75, 3.05) is 6.54 Å². The molecule has 0 unspecified atom stereocenters. The number of nitrogens with one attached hydrogen (secondary N) is 2. The van der Waals surface area contributed by atoms with Crippen molar-refractivity contribution in [1.29, 1.82) is 0 Å². The fourth-order valence-corrected chi connectivity index (χ4v) is 2.58. The molecule has 22 heavy (non-hydrogen) atoms. The molecule has 0 fully saturated rings. The predicted molar refractivity (Wildman–Crippen MR) is 80.8 cm³/mol. The number of hydrogen-bond donors (Lipinski definition) is 2. The smallest absolute Gasteiger partial charge is 0.255 e. The Balaban J connectivity index is 1.84. The third-order valence-corrected chi connectivity index (χ3v) is 4.04. The summed E-state index contributed by atoms with van der Waals surface area (Å²) in [6, 6.07) is 11.3. The molecule has 8 heteroatoms. The van der Waals surface area contributed by atoms with Crippen LogP contribution in [-0.2, 0) is 14.8 Å². The zero-order chi connectivity index (χ0) is 16.0. The highest BCUT2D eigenvalue weighted by Gasteiger charge is 2.14. The van der Waals surface area contributed by atoms with E-state index in [0.717, 1.165) is 5.76 Å². The van der Waals surface area contributed by atoms with E-state index in [1.54, 1.807) is 37.3 Å². The highest BCUT2D eigenvalue weighted by Crippen LogP contribution is 2.06. The van der Waals surface area contributed by atoms with Gasteiger partial charge >= 0.3 is 0 Å². The standard InChI is InChI=1S/C14H15N3O4S/c1-11-7-8-12(21-11)9-15-17-14(18)10-16-22(19,20)13-5-3-2-4-6-13/h2-9,16H,10H2,1H3,(H,17,18)/b15-9-. The van der Waals surface area contributed by atoms with Crippen molar-refractivity contribution in [1.82, 2.24) is 10.1 Å². The summed E-state index contributed by atoms with van der Waals surface area (Å²) in [7, 11) is -3.71. The van der Waals surface area contributed by atoms with E-state index in [1.807, 2.05) is 0 Å². The topological polar surface area (TPSA) is 101 Å². The maximum Gasteiger partial charge on any atom is 0.255 e. The Morgan fingerprint density at radius 1 is 1.23 bits per heavy atom. The van der Waals surface area contributed by atoms with Crippen LogP contribution in [0, 0.1) is 6.92 Å². The molecule has 0 spiro atoms. The van der Waals surface area contributed by atoms with E-state index in [-0.39, 0.29) is 4.90 Å². The molecular formula is C14H15N3O4S. The van der Waals surface area contributed by atoms with Gasteiger partial charge in [-0.15, -0.1) is 0 Å². The maximum atomic E-state index is 11.9. The molecule has 0 aliphatic carbocycles. The minimum atomic E-state index is -3.71. The van der Waals surface area contributed by atoms with Gasteiger partial charge in [-0.25, -0.2) is 18.6 Å². The molecule has 0 bridgehead atoms. The summed E-state index contributed by atoms with van der Waals surface area (Å²) in [5, 5.41) is 3.68. The van der Waals surface area contributed by atoms with Crippen molar-refractivity contribution in [3.63, 3.8) is 0 Å². The van der Waals surface area contributed by atoms with E-state index in [1.165, 1.54) is 18.3 Å². The third kappa shape index (κ3) is 4.54. The SMILES string of the molecule is Cc1ccc(/C=N\NC(=O)CNS(=O)(=O)c2ccccc2)o1. The number of hydrogen-bond acceptors (Lipinski definition) is 5. The molecule has 0 radical (unpaired) electrons. The zero-order valence-electron chi connectivity index (χ0n) is 11.8. The van der Waals surface area contributed by atoms with Gasteiger partial charge in [0.25, 0.3) is 5.91 Å². The number of aryl methyl sites for hydroxylation is 1. The van der Waals surface area contributed by atoms with Gasteiger partial charge in [-0.3, -0.25) is 4.79 Å². The van der Waals surface area contributed by atoms with Crippen LogP contribution in [0.2, 0.25) is 0 Å². The first-order valence-electron chi connectivity index (χ1n) is 6.40. The number of sulfonamides is 1. The number of amides is 1. The first kappa shape index (κ1) is 15.9. The molecule has 0 aliphatic rings. The van der Waals surface area contributed by atoms with Gasteiger partial charge in [-0.2, -0.15) is 5.10 Å². The molecular weight excluding hydrogens is 306 g/mol. The van der Waals surface area contributed by atoms with Crippen LogP contribution in [0.4, 0.5) is 0 Å². The molecule has 2 aromatic rings. The Morgan fingerprint density at radius 3 is 2.59 bits per heavy atom. The number of benzene rings is 1. The molecule has 1 aromatic heterocycles. The molecule has 0 saturated heterocycles. The summed E-state index contributed by atoms with van der Waals surface area (Å²) in [4.78, 5) is 11.6. The monoisotopic (exact) mass is 321 g/mol. The van der Waals surface area contributed by atoms with Crippen molar-refractivity contribution in [2.24, 2.45) is 5.10 Å². The number of hydrazone groups is 1. The fraction of sp³-hybridized carbons (Fsp3) is 0.143. The second kappa shape index (κ2) is 7.01. The molecule has 2 rings (SSSR count). The van der Waals surface area contributed by atoms with Crippen LogP contribution in [-0.4, -0.2) is 27.1 Å². The Labute approximate surface area is 128 Å². The molecule has 1 amide bonds.